The third-order valence-electron chi connectivity index (χ3n) is 3.14. The maximum Gasteiger partial charge on any atom is 0.133 e. The molecular weight excluding hydrogens is 202 g/mol. The first kappa shape index (κ1) is 11.3. The highest BCUT2D eigenvalue weighted by atomic mass is 16.5. The van der Waals surface area contributed by atoms with Crippen molar-refractivity contribution in [1.82, 2.24) is 9.97 Å². The SMILES string of the molecule is COCN(c1ccncn1)C1CCCCC1. The van der Waals surface area contributed by atoms with Crippen molar-refractivity contribution in [2.75, 3.05) is 18.7 Å². The lowest BCUT2D eigenvalue weighted by Gasteiger charge is -2.34. The van der Waals surface area contributed by atoms with Gasteiger partial charge in [0.05, 0.1) is 0 Å². The van der Waals surface area contributed by atoms with E-state index in [9.17, 15) is 0 Å². The Hall–Kier alpha value is -1.16. The van der Waals surface area contributed by atoms with Gasteiger partial charge in [0, 0.05) is 19.3 Å². The van der Waals surface area contributed by atoms with Crippen LogP contribution in [0.1, 0.15) is 32.1 Å². The van der Waals surface area contributed by atoms with Gasteiger partial charge in [0.2, 0.25) is 0 Å². The molecule has 0 unspecified atom stereocenters. The summed E-state index contributed by atoms with van der Waals surface area (Å²) < 4.78 is 5.28. The van der Waals surface area contributed by atoms with Gasteiger partial charge >= 0.3 is 0 Å². The third kappa shape index (κ3) is 2.70. The lowest BCUT2D eigenvalue weighted by Crippen LogP contribution is -2.38. The zero-order chi connectivity index (χ0) is 11.2. The molecule has 0 aromatic carbocycles. The first-order chi connectivity index (χ1) is 7.92. The molecule has 1 aliphatic rings. The fourth-order valence-electron chi connectivity index (χ4n) is 2.34. The van der Waals surface area contributed by atoms with Gasteiger partial charge in [0.1, 0.15) is 18.9 Å². The minimum absolute atomic E-state index is 0.573. The van der Waals surface area contributed by atoms with E-state index < -0.39 is 0 Å². The molecule has 88 valence electrons. The number of ether oxygens (including phenoxy) is 1. The molecule has 2 rings (SSSR count). The minimum atomic E-state index is 0.573. The molecule has 1 aromatic heterocycles. The standard InChI is InChI=1S/C12H19N3O/c1-16-10-15(11-5-3-2-4-6-11)12-7-8-13-9-14-12/h7-9,11H,2-6,10H2,1H3. The van der Waals surface area contributed by atoms with Crippen molar-refractivity contribution >= 4 is 5.82 Å². The Bertz CT molecular complexity index is 298. The normalized spacial score (nSPS) is 17.3. The predicted molar refractivity (Wildman–Crippen MR) is 63.3 cm³/mol. The van der Waals surface area contributed by atoms with Crippen molar-refractivity contribution in [3.8, 4) is 0 Å². The maximum absolute atomic E-state index is 5.28. The summed E-state index contributed by atoms with van der Waals surface area (Å²) in [6.45, 7) is 0.613. The summed E-state index contributed by atoms with van der Waals surface area (Å²) in [7, 11) is 1.73. The van der Waals surface area contributed by atoms with Crippen LogP contribution >= 0.6 is 0 Å². The van der Waals surface area contributed by atoms with Crippen molar-refractivity contribution in [1.29, 1.82) is 0 Å². The Labute approximate surface area is 96.7 Å². The quantitative estimate of drug-likeness (QED) is 0.731. The molecule has 0 bridgehead atoms. The number of nitrogens with zero attached hydrogens (tertiary/aromatic N) is 3. The maximum atomic E-state index is 5.28. The smallest absolute Gasteiger partial charge is 0.133 e. The first-order valence-corrected chi connectivity index (χ1v) is 5.93. The van der Waals surface area contributed by atoms with Gasteiger partial charge in [0.25, 0.3) is 0 Å². The van der Waals surface area contributed by atoms with E-state index in [4.69, 9.17) is 4.74 Å². The summed E-state index contributed by atoms with van der Waals surface area (Å²) in [6.07, 6.45) is 9.86. The Morgan fingerprint density at radius 2 is 2.19 bits per heavy atom. The van der Waals surface area contributed by atoms with E-state index in [0.717, 1.165) is 5.82 Å². The van der Waals surface area contributed by atoms with Crippen molar-refractivity contribution in [3.05, 3.63) is 18.6 Å². The van der Waals surface area contributed by atoms with Gasteiger partial charge in [-0.05, 0) is 18.9 Å². The predicted octanol–water partition coefficient (Wildman–Crippen LogP) is 2.22. The van der Waals surface area contributed by atoms with Gasteiger partial charge in [-0.25, -0.2) is 9.97 Å². The van der Waals surface area contributed by atoms with E-state index in [-0.39, 0.29) is 0 Å². The minimum Gasteiger partial charge on any atom is -0.364 e. The lowest BCUT2D eigenvalue weighted by atomic mass is 9.94. The van der Waals surface area contributed by atoms with Crippen LogP contribution in [0, 0.1) is 0 Å². The Balaban J connectivity index is 2.09. The van der Waals surface area contributed by atoms with Gasteiger partial charge in [-0.2, -0.15) is 0 Å². The molecule has 4 heteroatoms. The number of aromatic nitrogens is 2. The summed E-state index contributed by atoms with van der Waals surface area (Å²) in [5.41, 5.74) is 0. The van der Waals surface area contributed by atoms with Gasteiger partial charge in [0.15, 0.2) is 0 Å². The molecule has 0 amide bonds. The molecule has 0 radical (unpaired) electrons. The van der Waals surface area contributed by atoms with Crippen LogP contribution in [0.5, 0.6) is 0 Å². The van der Waals surface area contributed by atoms with E-state index >= 15 is 0 Å². The van der Waals surface area contributed by atoms with Gasteiger partial charge in [-0.1, -0.05) is 19.3 Å². The van der Waals surface area contributed by atoms with Crippen LogP contribution in [0.25, 0.3) is 0 Å². The number of rotatable bonds is 4. The molecule has 1 fully saturated rings. The van der Waals surface area contributed by atoms with E-state index in [1.165, 1.54) is 32.1 Å². The molecule has 0 spiro atoms. The molecule has 4 nitrogen and oxygen atoms in total. The molecular formula is C12H19N3O. The summed E-state index contributed by atoms with van der Waals surface area (Å²) in [6, 6.07) is 2.52. The average Bonchev–Trinajstić information content (AvgIpc) is 2.38. The molecule has 1 heterocycles. The summed E-state index contributed by atoms with van der Waals surface area (Å²) in [4.78, 5) is 10.5. The fraction of sp³-hybridized carbons (Fsp3) is 0.667. The van der Waals surface area contributed by atoms with Gasteiger partial charge in [-0.15, -0.1) is 0 Å². The highest BCUT2D eigenvalue weighted by Crippen LogP contribution is 2.25. The van der Waals surface area contributed by atoms with Crippen molar-refractivity contribution in [2.24, 2.45) is 0 Å². The Morgan fingerprint density at radius 3 is 2.81 bits per heavy atom. The third-order valence-corrected chi connectivity index (χ3v) is 3.14. The average molecular weight is 221 g/mol. The number of methoxy groups -OCH3 is 1. The molecule has 0 saturated heterocycles. The molecule has 1 saturated carbocycles. The topological polar surface area (TPSA) is 38.2 Å². The molecule has 16 heavy (non-hydrogen) atoms. The second kappa shape index (κ2) is 5.80. The van der Waals surface area contributed by atoms with E-state index in [0.29, 0.717) is 12.8 Å². The largest absolute Gasteiger partial charge is 0.364 e. The van der Waals surface area contributed by atoms with Crippen LogP contribution in [0.3, 0.4) is 0 Å². The monoisotopic (exact) mass is 221 g/mol. The molecule has 0 aliphatic heterocycles. The second-order valence-corrected chi connectivity index (χ2v) is 4.25. The summed E-state index contributed by atoms with van der Waals surface area (Å²) in [5.74, 6) is 0.976. The number of anilines is 1. The Kier molecular flexibility index (Phi) is 4.10. The van der Waals surface area contributed by atoms with Gasteiger partial charge in [-0.3, -0.25) is 0 Å². The van der Waals surface area contributed by atoms with Crippen LogP contribution in [0.15, 0.2) is 18.6 Å². The molecule has 1 aliphatic carbocycles. The highest BCUT2D eigenvalue weighted by molar-refractivity contribution is 5.37. The van der Waals surface area contributed by atoms with Crippen LogP contribution < -0.4 is 4.90 Å². The van der Waals surface area contributed by atoms with E-state index in [1.807, 2.05) is 6.07 Å². The van der Waals surface area contributed by atoms with Gasteiger partial charge < -0.3 is 9.64 Å². The fourth-order valence-corrected chi connectivity index (χ4v) is 2.34. The van der Waals surface area contributed by atoms with Crippen molar-refractivity contribution in [2.45, 2.75) is 38.1 Å². The van der Waals surface area contributed by atoms with Crippen molar-refractivity contribution < 1.29 is 4.74 Å². The van der Waals surface area contributed by atoms with E-state index in [2.05, 4.69) is 14.9 Å². The first-order valence-electron chi connectivity index (χ1n) is 5.93. The van der Waals surface area contributed by atoms with E-state index in [1.54, 1.807) is 19.6 Å². The highest BCUT2D eigenvalue weighted by Gasteiger charge is 2.21. The van der Waals surface area contributed by atoms with Crippen LogP contribution in [-0.4, -0.2) is 29.9 Å². The van der Waals surface area contributed by atoms with Crippen molar-refractivity contribution in [3.63, 3.8) is 0 Å². The number of hydrogen-bond acceptors (Lipinski definition) is 4. The zero-order valence-electron chi connectivity index (χ0n) is 9.80. The second-order valence-electron chi connectivity index (χ2n) is 4.25. The zero-order valence-corrected chi connectivity index (χ0v) is 9.80. The molecule has 1 aromatic rings. The Morgan fingerprint density at radius 1 is 1.38 bits per heavy atom. The summed E-state index contributed by atoms with van der Waals surface area (Å²) in [5, 5.41) is 0. The number of hydrogen-bond donors (Lipinski definition) is 0. The lowest BCUT2D eigenvalue weighted by molar-refractivity contribution is 0.181. The van der Waals surface area contributed by atoms with Crippen LogP contribution in [0.4, 0.5) is 5.82 Å². The summed E-state index contributed by atoms with van der Waals surface area (Å²) >= 11 is 0. The molecule has 0 N–H and O–H groups in total. The van der Waals surface area contributed by atoms with Crippen LogP contribution in [-0.2, 0) is 4.74 Å². The molecule has 0 atom stereocenters. The van der Waals surface area contributed by atoms with Crippen LogP contribution in [0.2, 0.25) is 0 Å².